The minimum absolute atomic E-state index is 0.944. The number of fused-ring (bicyclic) bond motifs is 1. The Kier molecular flexibility index (Phi) is 1.62. The topological polar surface area (TPSA) is 24.9 Å². The predicted octanol–water partition coefficient (Wildman–Crippen LogP) is 1.25. The number of rotatable bonds is 1. The minimum atomic E-state index is 0.944. The first kappa shape index (κ1) is 6.80. The van der Waals surface area contributed by atoms with Crippen molar-refractivity contribution in [3.05, 3.63) is 29.1 Å². The van der Waals surface area contributed by atoms with E-state index in [-0.39, 0.29) is 0 Å². The van der Waals surface area contributed by atoms with Crippen molar-refractivity contribution in [1.29, 1.82) is 0 Å². The van der Waals surface area contributed by atoms with Gasteiger partial charge in [0, 0.05) is 19.3 Å². The number of hydrogen-bond acceptors (Lipinski definition) is 2. The number of pyridine rings is 1. The van der Waals surface area contributed by atoms with Crippen molar-refractivity contribution in [2.45, 2.75) is 26.4 Å². The van der Waals surface area contributed by atoms with Gasteiger partial charge >= 0.3 is 0 Å². The van der Waals surface area contributed by atoms with E-state index in [0.717, 1.165) is 19.5 Å². The Morgan fingerprint density at radius 2 is 2.45 bits per heavy atom. The highest BCUT2D eigenvalue weighted by atomic mass is 14.9. The average molecular weight is 148 g/mol. The summed E-state index contributed by atoms with van der Waals surface area (Å²) in [5.74, 6) is 0. The Bertz CT molecular complexity index is 268. The molecule has 0 aliphatic carbocycles. The van der Waals surface area contributed by atoms with Gasteiger partial charge in [0.05, 0.1) is 5.69 Å². The van der Waals surface area contributed by atoms with Crippen molar-refractivity contribution >= 4 is 0 Å². The Labute approximate surface area is 66.7 Å². The summed E-state index contributed by atoms with van der Waals surface area (Å²) in [5.41, 5.74) is 3.94. The SMILES string of the molecule is CCc1cnc2c(c1)CNC2. The first-order chi connectivity index (χ1) is 5.40. The van der Waals surface area contributed by atoms with Crippen LogP contribution < -0.4 is 5.32 Å². The highest BCUT2D eigenvalue weighted by molar-refractivity contribution is 5.27. The highest BCUT2D eigenvalue weighted by Crippen LogP contribution is 2.13. The van der Waals surface area contributed by atoms with Gasteiger partial charge in [0.2, 0.25) is 0 Å². The molecule has 1 aliphatic rings. The fourth-order valence-corrected chi connectivity index (χ4v) is 1.41. The molecule has 58 valence electrons. The molecular formula is C9H12N2. The maximum atomic E-state index is 4.37. The molecule has 0 amide bonds. The van der Waals surface area contributed by atoms with Crippen LogP contribution in [0.15, 0.2) is 12.3 Å². The molecule has 0 saturated heterocycles. The normalized spacial score (nSPS) is 15.0. The summed E-state index contributed by atoms with van der Waals surface area (Å²) in [6, 6.07) is 2.25. The summed E-state index contributed by atoms with van der Waals surface area (Å²) in [7, 11) is 0. The third-order valence-electron chi connectivity index (χ3n) is 2.13. The smallest absolute Gasteiger partial charge is 0.0586 e. The molecule has 2 nitrogen and oxygen atoms in total. The van der Waals surface area contributed by atoms with E-state index in [9.17, 15) is 0 Å². The second-order valence-electron chi connectivity index (χ2n) is 2.91. The Balaban J connectivity index is 2.41. The lowest BCUT2D eigenvalue weighted by molar-refractivity contribution is 0.757. The van der Waals surface area contributed by atoms with E-state index in [1.807, 2.05) is 6.20 Å². The fourth-order valence-electron chi connectivity index (χ4n) is 1.41. The van der Waals surface area contributed by atoms with Crippen LogP contribution in [0.25, 0.3) is 0 Å². The molecule has 11 heavy (non-hydrogen) atoms. The number of aryl methyl sites for hydroxylation is 1. The van der Waals surface area contributed by atoms with Gasteiger partial charge in [-0.2, -0.15) is 0 Å². The number of aromatic nitrogens is 1. The summed E-state index contributed by atoms with van der Waals surface area (Å²) in [6.07, 6.45) is 3.06. The predicted molar refractivity (Wildman–Crippen MR) is 44.2 cm³/mol. The lowest BCUT2D eigenvalue weighted by atomic mass is 10.1. The molecule has 2 rings (SSSR count). The monoisotopic (exact) mass is 148 g/mol. The Hall–Kier alpha value is -0.890. The van der Waals surface area contributed by atoms with Gasteiger partial charge in [-0.25, -0.2) is 0 Å². The molecule has 0 atom stereocenters. The number of nitrogens with zero attached hydrogens (tertiary/aromatic N) is 1. The molecule has 0 aromatic carbocycles. The third kappa shape index (κ3) is 1.14. The van der Waals surface area contributed by atoms with Gasteiger partial charge in [-0.05, 0) is 17.5 Å². The zero-order valence-corrected chi connectivity index (χ0v) is 6.72. The van der Waals surface area contributed by atoms with Crippen molar-refractivity contribution < 1.29 is 0 Å². The van der Waals surface area contributed by atoms with Crippen LogP contribution in [0.4, 0.5) is 0 Å². The first-order valence-corrected chi connectivity index (χ1v) is 4.07. The zero-order valence-electron chi connectivity index (χ0n) is 6.72. The van der Waals surface area contributed by atoms with Crippen molar-refractivity contribution in [3.63, 3.8) is 0 Å². The van der Waals surface area contributed by atoms with E-state index in [2.05, 4.69) is 23.3 Å². The van der Waals surface area contributed by atoms with Crippen molar-refractivity contribution in [2.75, 3.05) is 0 Å². The van der Waals surface area contributed by atoms with Crippen LogP contribution in [0.2, 0.25) is 0 Å². The maximum absolute atomic E-state index is 4.37. The Morgan fingerprint density at radius 3 is 3.27 bits per heavy atom. The van der Waals surface area contributed by atoms with E-state index in [1.165, 1.54) is 16.8 Å². The molecule has 1 aromatic heterocycles. The molecule has 0 bridgehead atoms. The average Bonchev–Trinajstić information content (AvgIpc) is 2.50. The van der Waals surface area contributed by atoms with E-state index >= 15 is 0 Å². The lowest BCUT2D eigenvalue weighted by Crippen LogP contribution is -2.00. The van der Waals surface area contributed by atoms with E-state index in [4.69, 9.17) is 0 Å². The molecule has 2 heteroatoms. The van der Waals surface area contributed by atoms with Gasteiger partial charge in [-0.15, -0.1) is 0 Å². The molecule has 0 unspecified atom stereocenters. The van der Waals surface area contributed by atoms with Gasteiger partial charge < -0.3 is 5.32 Å². The van der Waals surface area contributed by atoms with Crippen LogP contribution in [0, 0.1) is 0 Å². The standard InChI is InChI=1S/C9H12N2/c1-2-7-3-8-5-10-6-9(8)11-4-7/h3-4,10H,2,5-6H2,1H3. The largest absolute Gasteiger partial charge is 0.307 e. The quantitative estimate of drug-likeness (QED) is 0.648. The van der Waals surface area contributed by atoms with Gasteiger partial charge in [0.25, 0.3) is 0 Å². The molecule has 1 aliphatic heterocycles. The molecule has 0 radical (unpaired) electrons. The van der Waals surface area contributed by atoms with Crippen LogP contribution in [0.1, 0.15) is 23.7 Å². The second kappa shape index (κ2) is 2.62. The first-order valence-electron chi connectivity index (χ1n) is 4.07. The molecule has 2 heterocycles. The third-order valence-corrected chi connectivity index (χ3v) is 2.13. The number of hydrogen-bond donors (Lipinski definition) is 1. The molecule has 0 saturated carbocycles. The summed E-state index contributed by atoms with van der Waals surface area (Å²) >= 11 is 0. The van der Waals surface area contributed by atoms with Gasteiger partial charge in [-0.3, -0.25) is 4.98 Å². The Morgan fingerprint density at radius 1 is 1.55 bits per heavy atom. The van der Waals surface area contributed by atoms with Crippen molar-refractivity contribution in [3.8, 4) is 0 Å². The molecule has 1 N–H and O–H groups in total. The summed E-state index contributed by atoms with van der Waals surface area (Å²) in [4.78, 5) is 4.37. The number of nitrogens with one attached hydrogen (secondary N) is 1. The zero-order chi connectivity index (χ0) is 7.68. The van der Waals surface area contributed by atoms with Gasteiger partial charge in [-0.1, -0.05) is 13.0 Å². The van der Waals surface area contributed by atoms with Crippen LogP contribution in [-0.4, -0.2) is 4.98 Å². The molecular weight excluding hydrogens is 136 g/mol. The van der Waals surface area contributed by atoms with Crippen LogP contribution in [-0.2, 0) is 19.5 Å². The maximum Gasteiger partial charge on any atom is 0.0586 e. The molecule has 0 spiro atoms. The fraction of sp³-hybridized carbons (Fsp3) is 0.444. The summed E-state index contributed by atoms with van der Waals surface area (Å²) < 4.78 is 0. The molecule has 1 aromatic rings. The second-order valence-corrected chi connectivity index (χ2v) is 2.91. The highest BCUT2D eigenvalue weighted by Gasteiger charge is 2.10. The summed E-state index contributed by atoms with van der Waals surface area (Å²) in [5, 5.41) is 3.28. The van der Waals surface area contributed by atoms with Crippen LogP contribution in [0.3, 0.4) is 0 Å². The summed E-state index contributed by atoms with van der Waals surface area (Å²) in [6.45, 7) is 4.10. The minimum Gasteiger partial charge on any atom is -0.307 e. The lowest BCUT2D eigenvalue weighted by Gasteiger charge is -1.99. The molecule has 0 fully saturated rings. The van der Waals surface area contributed by atoms with E-state index < -0.39 is 0 Å². The van der Waals surface area contributed by atoms with E-state index in [1.54, 1.807) is 0 Å². The van der Waals surface area contributed by atoms with Gasteiger partial charge in [0.1, 0.15) is 0 Å². The van der Waals surface area contributed by atoms with Crippen molar-refractivity contribution in [1.82, 2.24) is 10.3 Å². The van der Waals surface area contributed by atoms with Crippen LogP contribution >= 0.6 is 0 Å². The van der Waals surface area contributed by atoms with Crippen LogP contribution in [0.5, 0.6) is 0 Å². The van der Waals surface area contributed by atoms with Crippen molar-refractivity contribution in [2.24, 2.45) is 0 Å². The van der Waals surface area contributed by atoms with Gasteiger partial charge in [0.15, 0.2) is 0 Å². The van der Waals surface area contributed by atoms with E-state index in [0.29, 0.717) is 0 Å².